The van der Waals surface area contributed by atoms with E-state index in [0.29, 0.717) is 10.0 Å². The van der Waals surface area contributed by atoms with Crippen LogP contribution in [0.4, 0.5) is 0 Å². The first-order valence-electron chi connectivity index (χ1n) is 13.0. The van der Waals surface area contributed by atoms with Crippen LogP contribution in [0.1, 0.15) is 54.7 Å². The maximum absolute atomic E-state index is 12.6. The minimum Gasteiger partial charge on any atom is -0.368 e. The number of nitrogens with two attached hydrogens (primary N) is 1. The summed E-state index contributed by atoms with van der Waals surface area (Å²) >= 11 is 12.0. The Kier molecular flexibility index (Phi) is 13.8. The third-order valence-electron chi connectivity index (χ3n) is 5.69. The number of amides is 3. The highest BCUT2D eigenvalue weighted by Crippen LogP contribution is 2.40. The number of rotatable bonds is 6. The van der Waals surface area contributed by atoms with E-state index in [4.69, 9.17) is 38.9 Å². The fraction of sp³-hybridized carbons (Fsp3) is 0.290. The third kappa shape index (κ3) is 10.9. The fourth-order valence-electron chi connectivity index (χ4n) is 3.81. The Hall–Kier alpha value is -3.90. The predicted octanol–water partition coefficient (Wildman–Crippen LogP) is 5.52. The van der Waals surface area contributed by atoms with Gasteiger partial charge in [0.1, 0.15) is 19.3 Å². The molecule has 10 heteroatoms. The number of aryl methyl sites for hydroxylation is 1. The molecule has 1 heterocycles. The van der Waals surface area contributed by atoms with Crippen molar-refractivity contribution in [3.05, 3.63) is 105 Å². The van der Waals surface area contributed by atoms with E-state index in [0.717, 1.165) is 16.7 Å². The largest absolute Gasteiger partial charge is 0.368 e. The number of carbonyl (C=O) groups excluding carboxylic acids is 3. The Balaban J connectivity index is 0.000000408. The first kappa shape index (κ1) is 33.3. The molecule has 0 aromatic heterocycles. The standard InChI is InChI=1S/C20H19Cl2N3O4.C8H7N.C3H8/c21-14-5-1-12(2-6-14)19-20(13-3-7-15(22)8-4-13)29-11-18(28)25(19)10-17(27)24-9-16(23)26;1-7-2-4-8(6-9)5-3-7;1-3-2/h1-8,19-20H,9-11H2,(H2,23,26)(H,24,27);2-5H,1H3;3H2,1-2H3. The van der Waals surface area contributed by atoms with Gasteiger partial charge in [0.2, 0.25) is 17.7 Å². The molecule has 0 radical (unpaired) electrons. The van der Waals surface area contributed by atoms with E-state index < -0.39 is 24.0 Å². The van der Waals surface area contributed by atoms with Crippen molar-refractivity contribution in [2.45, 2.75) is 39.3 Å². The summed E-state index contributed by atoms with van der Waals surface area (Å²) < 4.78 is 5.85. The number of ether oxygens (including phenoxy) is 1. The summed E-state index contributed by atoms with van der Waals surface area (Å²) in [6.07, 6.45) is 0.732. The van der Waals surface area contributed by atoms with Crippen molar-refractivity contribution in [2.75, 3.05) is 19.7 Å². The maximum atomic E-state index is 12.6. The summed E-state index contributed by atoms with van der Waals surface area (Å²) in [5.41, 5.74) is 8.54. The number of carbonyl (C=O) groups is 3. The van der Waals surface area contributed by atoms with Gasteiger partial charge in [0.15, 0.2) is 0 Å². The van der Waals surface area contributed by atoms with Gasteiger partial charge in [-0.15, -0.1) is 0 Å². The van der Waals surface area contributed by atoms with Gasteiger partial charge in [0.05, 0.1) is 24.2 Å². The molecular weight excluding hydrogens is 563 g/mol. The third-order valence-corrected chi connectivity index (χ3v) is 6.20. The van der Waals surface area contributed by atoms with E-state index in [1.165, 1.54) is 16.9 Å². The maximum Gasteiger partial charge on any atom is 0.249 e. The van der Waals surface area contributed by atoms with Crippen LogP contribution in [0.15, 0.2) is 72.8 Å². The Labute approximate surface area is 251 Å². The number of nitriles is 1. The van der Waals surface area contributed by atoms with Gasteiger partial charge in [0, 0.05) is 10.0 Å². The number of morpholine rings is 1. The molecule has 3 amide bonds. The first-order valence-corrected chi connectivity index (χ1v) is 13.8. The van der Waals surface area contributed by atoms with Crippen LogP contribution in [0.5, 0.6) is 0 Å². The van der Waals surface area contributed by atoms with Crippen LogP contribution in [0.25, 0.3) is 0 Å². The fourth-order valence-corrected chi connectivity index (χ4v) is 4.06. The number of nitrogens with one attached hydrogen (secondary N) is 1. The van der Waals surface area contributed by atoms with E-state index in [1.54, 1.807) is 36.4 Å². The van der Waals surface area contributed by atoms with E-state index in [2.05, 4.69) is 25.2 Å². The SMILES string of the molecule is CCC.Cc1ccc(C#N)cc1.NC(=O)CNC(=O)CN1C(=O)COC(c2ccc(Cl)cc2)C1c1ccc(Cl)cc1. The van der Waals surface area contributed by atoms with Crippen molar-refractivity contribution >= 4 is 40.9 Å². The minimum atomic E-state index is -0.667. The van der Waals surface area contributed by atoms with Crippen molar-refractivity contribution in [1.29, 1.82) is 5.26 Å². The molecule has 0 spiro atoms. The Bertz CT molecular complexity index is 1320. The van der Waals surface area contributed by atoms with Gasteiger partial charge in [0.25, 0.3) is 0 Å². The van der Waals surface area contributed by atoms with E-state index in [1.807, 2.05) is 43.3 Å². The summed E-state index contributed by atoms with van der Waals surface area (Å²) in [7, 11) is 0. The van der Waals surface area contributed by atoms with Gasteiger partial charge in [-0.25, -0.2) is 0 Å². The zero-order chi connectivity index (χ0) is 30.4. The molecule has 2 unspecified atom stereocenters. The molecule has 3 aromatic carbocycles. The number of halogens is 2. The van der Waals surface area contributed by atoms with Crippen LogP contribution < -0.4 is 11.1 Å². The monoisotopic (exact) mass is 596 g/mol. The number of hydrogen-bond donors (Lipinski definition) is 2. The summed E-state index contributed by atoms with van der Waals surface area (Å²) in [5.74, 6) is -1.50. The zero-order valence-electron chi connectivity index (χ0n) is 23.3. The second kappa shape index (κ2) is 17.0. The van der Waals surface area contributed by atoms with Crippen LogP contribution >= 0.6 is 23.2 Å². The molecule has 1 fully saturated rings. The lowest BCUT2D eigenvalue weighted by atomic mass is 9.92. The molecule has 0 saturated carbocycles. The highest BCUT2D eigenvalue weighted by atomic mass is 35.5. The van der Waals surface area contributed by atoms with Crippen LogP contribution in [-0.2, 0) is 19.1 Å². The predicted molar refractivity (Wildman–Crippen MR) is 160 cm³/mol. The molecule has 1 saturated heterocycles. The van der Waals surface area contributed by atoms with Crippen LogP contribution in [-0.4, -0.2) is 42.3 Å². The molecule has 8 nitrogen and oxygen atoms in total. The average Bonchev–Trinajstić information content (AvgIpc) is 2.95. The molecule has 0 aliphatic carbocycles. The van der Waals surface area contributed by atoms with Gasteiger partial charge in [-0.1, -0.05) is 85.4 Å². The Morgan fingerprint density at radius 1 is 0.976 bits per heavy atom. The number of nitrogens with zero attached hydrogens (tertiary/aromatic N) is 2. The quantitative estimate of drug-likeness (QED) is 0.387. The van der Waals surface area contributed by atoms with Gasteiger partial charge >= 0.3 is 0 Å². The van der Waals surface area contributed by atoms with Crippen LogP contribution in [0.3, 0.4) is 0 Å². The normalized spacial score (nSPS) is 15.8. The van der Waals surface area contributed by atoms with Crippen LogP contribution in [0, 0.1) is 18.3 Å². The van der Waals surface area contributed by atoms with Crippen molar-refractivity contribution in [2.24, 2.45) is 5.73 Å². The van der Waals surface area contributed by atoms with Crippen molar-refractivity contribution < 1.29 is 19.1 Å². The lowest BCUT2D eigenvalue weighted by molar-refractivity contribution is -0.160. The molecule has 216 valence electrons. The van der Waals surface area contributed by atoms with Crippen LogP contribution in [0.2, 0.25) is 10.0 Å². The van der Waals surface area contributed by atoms with Gasteiger partial charge in [-0.3, -0.25) is 14.4 Å². The highest BCUT2D eigenvalue weighted by molar-refractivity contribution is 6.30. The smallest absolute Gasteiger partial charge is 0.249 e. The molecule has 0 bridgehead atoms. The number of primary amides is 1. The van der Waals surface area contributed by atoms with Gasteiger partial charge in [-0.2, -0.15) is 5.26 Å². The summed E-state index contributed by atoms with van der Waals surface area (Å²) in [6.45, 7) is 5.53. The molecule has 41 heavy (non-hydrogen) atoms. The lowest BCUT2D eigenvalue weighted by Crippen LogP contribution is -2.50. The molecule has 4 rings (SSSR count). The van der Waals surface area contributed by atoms with E-state index in [9.17, 15) is 14.4 Å². The number of benzene rings is 3. The molecular formula is C31H34Cl2N4O4. The zero-order valence-corrected chi connectivity index (χ0v) is 24.8. The first-order chi connectivity index (χ1) is 19.6. The Morgan fingerprint density at radius 3 is 1.98 bits per heavy atom. The topological polar surface area (TPSA) is 126 Å². The van der Waals surface area contributed by atoms with Crippen molar-refractivity contribution in [1.82, 2.24) is 10.2 Å². The minimum absolute atomic E-state index is 0.180. The molecule has 1 aliphatic rings. The second-order valence-electron chi connectivity index (χ2n) is 9.23. The van der Waals surface area contributed by atoms with Crippen molar-refractivity contribution in [3.63, 3.8) is 0 Å². The molecule has 2 atom stereocenters. The summed E-state index contributed by atoms with van der Waals surface area (Å²) in [5, 5.41) is 11.9. The molecule has 3 aromatic rings. The average molecular weight is 598 g/mol. The lowest BCUT2D eigenvalue weighted by Gasteiger charge is -2.41. The summed E-state index contributed by atoms with van der Waals surface area (Å²) in [6, 6.07) is 23.1. The number of hydrogen-bond acceptors (Lipinski definition) is 5. The van der Waals surface area contributed by atoms with Gasteiger partial charge in [-0.05, 0) is 54.4 Å². The summed E-state index contributed by atoms with van der Waals surface area (Å²) in [4.78, 5) is 37.3. The Morgan fingerprint density at radius 2 is 1.49 bits per heavy atom. The molecule has 3 N–H and O–H groups in total. The highest BCUT2D eigenvalue weighted by Gasteiger charge is 2.39. The van der Waals surface area contributed by atoms with Crippen molar-refractivity contribution in [3.8, 4) is 6.07 Å². The van der Waals surface area contributed by atoms with E-state index in [-0.39, 0.29) is 25.6 Å². The second-order valence-corrected chi connectivity index (χ2v) is 10.1. The molecule has 1 aliphatic heterocycles. The van der Waals surface area contributed by atoms with Gasteiger partial charge < -0.3 is 20.7 Å². The van der Waals surface area contributed by atoms with E-state index >= 15 is 0 Å².